The minimum Gasteiger partial charge on any atom is -0.338 e. The van der Waals surface area contributed by atoms with Gasteiger partial charge in [-0.15, -0.1) is 0 Å². The van der Waals surface area contributed by atoms with Gasteiger partial charge in [0.25, 0.3) is 0 Å². The van der Waals surface area contributed by atoms with Crippen LogP contribution < -0.4 is 16.0 Å². The molecule has 0 spiro atoms. The van der Waals surface area contributed by atoms with E-state index >= 15 is 0 Å². The van der Waals surface area contributed by atoms with Crippen molar-refractivity contribution in [3.63, 3.8) is 0 Å². The number of nitrogens with one attached hydrogen (secondary N) is 3. The van der Waals surface area contributed by atoms with Crippen LogP contribution in [0.3, 0.4) is 0 Å². The predicted octanol–water partition coefficient (Wildman–Crippen LogP) is 4.87. The lowest BCUT2D eigenvalue weighted by Gasteiger charge is -2.56. The Morgan fingerprint density at radius 3 is 2.16 bits per heavy atom. The van der Waals surface area contributed by atoms with Crippen molar-refractivity contribution in [3.05, 3.63) is 65.7 Å². The van der Waals surface area contributed by atoms with Crippen molar-refractivity contribution in [2.75, 3.05) is 11.9 Å². The number of urea groups is 1. The molecule has 6 rings (SSSR count). The molecular formula is C27H33N3O2. The molecule has 4 saturated carbocycles. The Morgan fingerprint density at radius 2 is 1.47 bits per heavy atom. The van der Waals surface area contributed by atoms with E-state index in [1.807, 2.05) is 42.5 Å². The summed E-state index contributed by atoms with van der Waals surface area (Å²) < 4.78 is 0. The van der Waals surface area contributed by atoms with E-state index in [9.17, 15) is 9.59 Å². The SMILES string of the molecule is O=C(CCNC(=O)NC12CC3CC(CC(C3)C1)C2)Nc1ccccc1Cc1ccccc1. The van der Waals surface area contributed by atoms with E-state index < -0.39 is 0 Å². The quantitative estimate of drug-likeness (QED) is 0.585. The molecule has 4 aliphatic rings. The summed E-state index contributed by atoms with van der Waals surface area (Å²) in [5, 5.41) is 9.24. The summed E-state index contributed by atoms with van der Waals surface area (Å²) in [5.74, 6) is 2.30. The lowest BCUT2D eigenvalue weighted by atomic mass is 9.53. The fourth-order valence-electron chi connectivity index (χ4n) is 6.66. The topological polar surface area (TPSA) is 70.2 Å². The zero-order chi connectivity index (χ0) is 22.0. The van der Waals surface area contributed by atoms with Crippen LogP contribution in [0.1, 0.15) is 56.1 Å². The zero-order valence-electron chi connectivity index (χ0n) is 18.6. The van der Waals surface area contributed by atoms with Crippen LogP contribution in [0.15, 0.2) is 54.6 Å². The first kappa shape index (κ1) is 21.0. The Balaban J connectivity index is 1.10. The number of amides is 3. The normalized spacial score (nSPS) is 27.7. The first-order valence-electron chi connectivity index (χ1n) is 12.0. The Morgan fingerprint density at radius 1 is 0.844 bits per heavy atom. The molecule has 3 N–H and O–H groups in total. The van der Waals surface area contributed by atoms with E-state index in [2.05, 4.69) is 28.1 Å². The van der Waals surface area contributed by atoms with Crippen molar-refractivity contribution < 1.29 is 9.59 Å². The summed E-state index contributed by atoms with van der Waals surface area (Å²) >= 11 is 0. The number of rotatable bonds is 7. The monoisotopic (exact) mass is 431 g/mol. The van der Waals surface area contributed by atoms with Gasteiger partial charge in [-0.3, -0.25) is 4.79 Å². The van der Waals surface area contributed by atoms with Crippen LogP contribution in [-0.2, 0) is 11.2 Å². The fourth-order valence-corrected chi connectivity index (χ4v) is 6.66. The molecule has 5 heteroatoms. The number of hydrogen-bond acceptors (Lipinski definition) is 2. The molecule has 4 aliphatic carbocycles. The number of carbonyl (C=O) groups is 2. The number of carbonyl (C=O) groups excluding carboxylic acids is 2. The Hall–Kier alpha value is -2.82. The molecular weight excluding hydrogens is 398 g/mol. The van der Waals surface area contributed by atoms with E-state index in [0.29, 0.717) is 6.54 Å². The van der Waals surface area contributed by atoms with E-state index in [0.717, 1.165) is 54.7 Å². The molecule has 0 aromatic heterocycles. The molecule has 168 valence electrons. The van der Waals surface area contributed by atoms with Crippen molar-refractivity contribution in [3.8, 4) is 0 Å². The summed E-state index contributed by atoms with van der Waals surface area (Å²) in [5.41, 5.74) is 3.12. The second kappa shape index (κ2) is 8.97. The summed E-state index contributed by atoms with van der Waals surface area (Å²) in [7, 11) is 0. The average Bonchev–Trinajstić information content (AvgIpc) is 2.74. The maximum atomic E-state index is 12.6. The molecule has 3 amide bonds. The number of anilines is 1. The van der Waals surface area contributed by atoms with Gasteiger partial charge < -0.3 is 16.0 Å². The van der Waals surface area contributed by atoms with Crippen LogP contribution in [-0.4, -0.2) is 24.0 Å². The van der Waals surface area contributed by atoms with Gasteiger partial charge in [0.1, 0.15) is 0 Å². The van der Waals surface area contributed by atoms with Gasteiger partial charge in [0.05, 0.1) is 0 Å². The van der Waals surface area contributed by atoms with Gasteiger partial charge in [0.2, 0.25) is 5.91 Å². The molecule has 0 saturated heterocycles. The van der Waals surface area contributed by atoms with Crippen molar-refractivity contribution in [2.24, 2.45) is 17.8 Å². The third-order valence-corrected chi connectivity index (χ3v) is 7.58. The van der Waals surface area contributed by atoms with Crippen LogP contribution in [0.2, 0.25) is 0 Å². The van der Waals surface area contributed by atoms with Crippen molar-refractivity contribution in [2.45, 2.75) is 56.9 Å². The largest absolute Gasteiger partial charge is 0.338 e. The van der Waals surface area contributed by atoms with E-state index in [1.54, 1.807) is 0 Å². The highest BCUT2D eigenvalue weighted by molar-refractivity contribution is 5.92. The maximum absolute atomic E-state index is 12.6. The van der Waals surface area contributed by atoms with Crippen LogP contribution in [0, 0.1) is 17.8 Å². The molecule has 0 heterocycles. The highest BCUT2D eigenvalue weighted by Gasteiger charge is 2.51. The summed E-state index contributed by atoms with van der Waals surface area (Å²) in [6.07, 6.45) is 8.48. The maximum Gasteiger partial charge on any atom is 0.315 e. The first-order valence-corrected chi connectivity index (χ1v) is 12.0. The molecule has 2 aromatic carbocycles. The Kier molecular flexibility index (Phi) is 5.90. The van der Waals surface area contributed by atoms with Gasteiger partial charge in [-0.1, -0.05) is 48.5 Å². The van der Waals surface area contributed by atoms with Gasteiger partial charge in [-0.05, 0) is 79.9 Å². The van der Waals surface area contributed by atoms with Gasteiger partial charge in [-0.2, -0.15) is 0 Å². The average molecular weight is 432 g/mol. The highest BCUT2D eigenvalue weighted by Crippen LogP contribution is 2.55. The molecule has 0 atom stereocenters. The number of para-hydroxylation sites is 1. The van der Waals surface area contributed by atoms with Crippen LogP contribution in [0.4, 0.5) is 10.5 Å². The molecule has 0 radical (unpaired) electrons. The molecule has 4 bridgehead atoms. The molecule has 0 aliphatic heterocycles. The van der Waals surface area contributed by atoms with Crippen LogP contribution in [0.5, 0.6) is 0 Å². The zero-order valence-corrected chi connectivity index (χ0v) is 18.6. The minimum absolute atomic E-state index is 0.00251. The van der Waals surface area contributed by atoms with Gasteiger partial charge in [-0.25, -0.2) is 4.79 Å². The number of benzene rings is 2. The molecule has 0 unspecified atom stereocenters. The van der Waals surface area contributed by atoms with Gasteiger partial charge in [0, 0.05) is 24.2 Å². The van der Waals surface area contributed by atoms with Crippen LogP contribution in [0.25, 0.3) is 0 Å². The minimum atomic E-state index is -0.121. The summed E-state index contributed by atoms with van der Waals surface area (Å²) in [6, 6.07) is 18.0. The van der Waals surface area contributed by atoms with Gasteiger partial charge in [0.15, 0.2) is 0 Å². The second-order valence-electron chi connectivity index (χ2n) is 10.2. The standard InChI is InChI=1S/C27H33N3O2/c31-25(29-24-9-5-4-8-23(24)15-19-6-2-1-3-7-19)10-11-28-26(32)30-27-16-20-12-21(17-27)14-22(13-20)18-27/h1-9,20-22H,10-18H2,(H,29,31)(H2,28,30,32). The van der Waals surface area contributed by atoms with E-state index in [-0.39, 0.29) is 23.9 Å². The summed E-state index contributed by atoms with van der Waals surface area (Å²) in [6.45, 7) is 0.338. The fraction of sp³-hybridized carbons (Fsp3) is 0.481. The molecule has 5 nitrogen and oxygen atoms in total. The molecule has 2 aromatic rings. The van der Waals surface area contributed by atoms with Crippen molar-refractivity contribution >= 4 is 17.6 Å². The lowest BCUT2D eigenvalue weighted by molar-refractivity contribution is -0.116. The van der Waals surface area contributed by atoms with Crippen molar-refractivity contribution in [1.29, 1.82) is 0 Å². The smallest absolute Gasteiger partial charge is 0.315 e. The van der Waals surface area contributed by atoms with Crippen molar-refractivity contribution in [1.82, 2.24) is 10.6 Å². The third-order valence-electron chi connectivity index (χ3n) is 7.58. The first-order chi connectivity index (χ1) is 15.6. The third kappa shape index (κ3) is 4.82. The Bertz CT molecular complexity index is 937. The lowest BCUT2D eigenvalue weighted by Crippen LogP contribution is -2.61. The Labute approximate surface area is 190 Å². The van der Waals surface area contributed by atoms with E-state index in [1.165, 1.54) is 24.8 Å². The molecule has 32 heavy (non-hydrogen) atoms. The molecule has 4 fully saturated rings. The van der Waals surface area contributed by atoms with E-state index in [4.69, 9.17) is 0 Å². The number of hydrogen-bond donors (Lipinski definition) is 3. The second-order valence-corrected chi connectivity index (χ2v) is 10.2. The van der Waals surface area contributed by atoms with Gasteiger partial charge >= 0.3 is 6.03 Å². The van der Waals surface area contributed by atoms with Crippen LogP contribution >= 0.6 is 0 Å². The summed E-state index contributed by atoms with van der Waals surface area (Å²) in [4.78, 5) is 25.1. The highest BCUT2D eigenvalue weighted by atomic mass is 16.2. The predicted molar refractivity (Wildman–Crippen MR) is 126 cm³/mol.